The highest BCUT2D eigenvalue weighted by Crippen LogP contribution is 2.37. The highest BCUT2D eigenvalue weighted by atomic mass is 32.2. The molecule has 0 aromatic heterocycles. The number of sulfonamides is 1. The van der Waals surface area contributed by atoms with Gasteiger partial charge in [0.2, 0.25) is 10.0 Å². The summed E-state index contributed by atoms with van der Waals surface area (Å²) in [5.74, 6) is 0.829. The molecule has 0 heterocycles. The average Bonchev–Trinajstić information content (AvgIpc) is 3.29. The minimum Gasteiger partial charge on any atom is -0.495 e. The first-order valence-corrected chi connectivity index (χ1v) is 8.20. The summed E-state index contributed by atoms with van der Waals surface area (Å²) in [6.07, 6.45) is 2.20. The molecule has 112 valence electrons. The summed E-state index contributed by atoms with van der Waals surface area (Å²) in [6.45, 7) is 2.25. The normalized spacial score (nSPS) is 17.2. The van der Waals surface area contributed by atoms with Gasteiger partial charge in [-0.15, -0.1) is 0 Å². The van der Waals surface area contributed by atoms with Gasteiger partial charge >= 0.3 is 0 Å². The first-order chi connectivity index (χ1) is 9.41. The van der Waals surface area contributed by atoms with Crippen molar-refractivity contribution in [1.29, 1.82) is 0 Å². The zero-order chi connectivity index (χ0) is 14.9. The standard InChI is InChI=1S/C14H22N2O3S/c1-10(12-5-6-12)16(2)20(17,18)14-8-11(9-15)4-7-13(14)19-3/h4,7-8,10,12H,5-6,9,15H2,1-3H3. The van der Waals surface area contributed by atoms with E-state index in [-0.39, 0.29) is 10.9 Å². The number of nitrogens with two attached hydrogens (primary N) is 1. The van der Waals surface area contributed by atoms with Crippen molar-refractivity contribution < 1.29 is 13.2 Å². The van der Waals surface area contributed by atoms with Gasteiger partial charge in [0.15, 0.2) is 0 Å². The Morgan fingerprint density at radius 3 is 2.60 bits per heavy atom. The highest BCUT2D eigenvalue weighted by molar-refractivity contribution is 7.89. The first kappa shape index (κ1) is 15.3. The Hall–Kier alpha value is -1.11. The van der Waals surface area contributed by atoms with Gasteiger partial charge in [-0.3, -0.25) is 0 Å². The van der Waals surface area contributed by atoms with Crippen LogP contribution in [0.1, 0.15) is 25.3 Å². The van der Waals surface area contributed by atoms with E-state index in [4.69, 9.17) is 10.5 Å². The topological polar surface area (TPSA) is 72.6 Å². The van der Waals surface area contributed by atoms with Crippen molar-refractivity contribution in [2.24, 2.45) is 11.7 Å². The molecule has 0 bridgehead atoms. The van der Waals surface area contributed by atoms with Crippen LogP contribution in [0.4, 0.5) is 0 Å². The van der Waals surface area contributed by atoms with Crippen molar-refractivity contribution in [2.75, 3.05) is 14.2 Å². The summed E-state index contributed by atoms with van der Waals surface area (Å²) in [6, 6.07) is 5.04. The Kier molecular flexibility index (Phi) is 4.36. The summed E-state index contributed by atoms with van der Waals surface area (Å²) in [5.41, 5.74) is 6.37. The van der Waals surface area contributed by atoms with Crippen molar-refractivity contribution in [2.45, 2.75) is 37.2 Å². The molecule has 1 aromatic carbocycles. The summed E-state index contributed by atoms with van der Waals surface area (Å²) in [5, 5.41) is 0. The van der Waals surface area contributed by atoms with Crippen molar-refractivity contribution in [3.05, 3.63) is 23.8 Å². The molecular formula is C14H22N2O3S. The Morgan fingerprint density at radius 1 is 1.45 bits per heavy atom. The third-order valence-electron chi connectivity index (χ3n) is 4.00. The van der Waals surface area contributed by atoms with E-state index in [1.165, 1.54) is 11.4 Å². The van der Waals surface area contributed by atoms with Gasteiger partial charge in [0.1, 0.15) is 10.6 Å². The van der Waals surface area contributed by atoms with E-state index in [0.717, 1.165) is 18.4 Å². The zero-order valence-electron chi connectivity index (χ0n) is 12.2. The maximum absolute atomic E-state index is 12.8. The molecule has 1 aliphatic rings. The van der Waals surface area contributed by atoms with E-state index in [2.05, 4.69) is 0 Å². The minimum absolute atomic E-state index is 0.00578. The lowest BCUT2D eigenvalue weighted by atomic mass is 10.2. The number of ether oxygens (including phenoxy) is 1. The lowest BCUT2D eigenvalue weighted by Gasteiger charge is -2.25. The van der Waals surface area contributed by atoms with Crippen LogP contribution >= 0.6 is 0 Å². The molecule has 2 rings (SSSR count). The van der Waals surface area contributed by atoms with Crippen molar-refractivity contribution >= 4 is 10.0 Å². The van der Waals surface area contributed by atoms with E-state index >= 15 is 0 Å². The molecule has 0 aliphatic heterocycles. The Morgan fingerprint density at radius 2 is 2.10 bits per heavy atom. The number of methoxy groups -OCH3 is 1. The van der Waals surface area contributed by atoms with Crippen LogP contribution in [0.2, 0.25) is 0 Å². The number of nitrogens with zero attached hydrogens (tertiary/aromatic N) is 1. The maximum Gasteiger partial charge on any atom is 0.246 e. The lowest BCUT2D eigenvalue weighted by Crippen LogP contribution is -2.36. The summed E-state index contributed by atoms with van der Waals surface area (Å²) in [7, 11) is -0.461. The molecule has 0 radical (unpaired) electrons. The van der Waals surface area contributed by atoms with Gasteiger partial charge in [0, 0.05) is 19.6 Å². The van der Waals surface area contributed by atoms with E-state index < -0.39 is 10.0 Å². The molecule has 1 saturated carbocycles. The molecule has 1 aliphatic carbocycles. The lowest BCUT2D eigenvalue weighted by molar-refractivity contribution is 0.352. The molecule has 20 heavy (non-hydrogen) atoms. The summed E-state index contributed by atoms with van der Waals surface area (Å²) < 4.78 is 32.2. The van der Waals surface area contributed by atoms with E-state index in [9.17, 15) is 8.42 Å². The van der Waals surface area contributed by atoms with Crippen LogP contribution in [-0.2, 0) is 16.6 Å². The number of rotatable bonds is 6. The Balaban J connectivity index is 2.41. The fraction of sp³-hybridized carbons (Fsp3) is 0.571. The van der Waals surface area contributed by atoms with Gasteiger partial charge in [-0.1, -0.05) is 6.07 Å². The summed E-state index contributed by atoms with van der Waals surface area (Å²) >= 11 is 0. The van der Waals surface area contributed by atoms with Crippen LogP contribution in [0.5, 0.6) is 5.75 Å². The van der Waals surface area contributed by atoms with Crippen molar-refractivity contribution in [3.8, 4) is 5.75 Å². The van der Waals surface area contributed by atoms with Crippen LogP contribution in [0.15, 0.2) is 23.1 Å². The van der Waals surface area contributed by atoms with Gasteiger partial charge in [0.25, 0.3) is 0 Å². The molecule has 0 saturated heterocycles. The van der Waals surface area contributed by atoms with Gasteiger partial charge in [-0.2, -0.15) is 4.31 Å². The molecule has 1 unspecified atom stereocenters. The number of hydrogen-bond donors (Lipinski definition) is 1. The smallest absolute Gasteiger partial charge is 0.246 e. The van der Waals surface area contributed by atoms with E-state index in [1.54, 1.807) is 25.2 Å². The maximum atomic E-state index is 12.8. The average molecular weight is 298 g/mol. The zero-order valence-corrected chi connectivity index (χ0v) is 13.0. The van der Waals surface area contributed by atoms with Gasteiger partial charge in [-0.25, -0.2) is 8.42 Å². The number of hydrogen-bond acceptors (Lipinski definition) is 4. The second-order valence-corrected chi connectivity index (χ2v) is 7.25. The van der Waals surface area contributed by atoms with Crippen LogP contribution in [0.3, 0.4) is 0 Å². The predicted octanol–water partition coefficient (Wildman–Crippen LogP) is 1.57. The summed E-state index contributed by atoms with van der Waals surface area (Å²) in [4.78, 5) is 0.193. The van der Waals surface area contributed by atoms with Crippen molar-refractivity contribution in [3.63, 3.8) is 0 Å². The third kappa shape index (κ3) is 2.82. The number of benzene rings is 1. The fourth-order valence-electron chi connectivity index (χ4n) is 2.30. The molecule has 1 fully saturated rings. The molecule has 0 spiro atoms. The molecule has 5 nitrogen and oxygen atoms in total. The quantitative estimate of drug-likeness (QED) is 0.865. The molecular weight excluding hydrogens is 276 g/mol. The van der Waals surface area contributed by atoms with Gasteiger partial charge in [-0.05, 0) is 43.4 Å². The van der Waals surface area contributed by atoms with Crippen LogP contribution in [0.25, 0.3) is 0 Å². The SMILES string of the molecule is COc1ccc(CN)cc1S(=O)(=O)N(C)C(C)C1CC1. The molecule has 0 amide bonds. The fourth-order valence-corrected chi connectivity index (χ4v) is 3.93. The molecule has 2 N–H and O–H groups in total. The van der Waals surface area contributed by atoms with Crippen LogP contribution < -0.4 is 10.5 Å². The van der Waals surface area contributed by atoms with Crippen LogP contribution in [0, 0.1) is 5.92 Å². The highest BCUT2D eigenvalue weighted by Gasteiger charge is 2.37. The Labute approximate surface area is 120 Å². The van der Waals surface area contributed by atoms with E-state index in [1.807, 2.05) is 6.92 Å². The first-order valence-electron chi connectivity index (χ1n) is 6.76. The molecule has 1 aromatic rings. The second-order valence-electron chi connectivity index (χ2n) is 5.29. The largest absolute Gasteiger partial charge is 0.495 e. The van der Waals surface area contributed by atoms with Crippen LogP contribution in [-0.4, -0.2) is 32.9 Å². The van der Waals surface area contributed by atoms with Crippen molar-refractivity contribution in [1.82, 2.24) is 4.31 Å². The van der Waals surface area contributed by atoms with Gasteiger partial charge in [0.05, 0.1) is 7.11 Å². The molecule has 6 heteroatoms. The molecule has 1 atom stereocenters. The third-order valence-corrected chi connectivity index (χ3v) is 5.96. The Bertz CT molecular complexity index is 582. The minimum atomic E-state index is -3.57. The van der Waals surface area contributed by atoms with E-state index in [0.29, 0.717) is 18.2 Å². The second kappa shape index (κ2) is 5.71. The monoisotopic (exact) mass is 298 g/mol. The predicted molar refractivity (Wildman–Crippen MR) is 78.0 cm³/mol. The van der Waals surface area contributed by atoms with Gasteiger partial charge < -0.3 is 10.5 Å².